The molecule has 1 saturated heterocycles. The fraction of sp³-hybridized carbons (Fsp3) is 0.538. The quantitative estimate of drug-likeness (QED) is 0.785. The second kappa shape index (κ2) is 6.68. The predicted octanol–water partition coefficient (Wildman–Crippen LogP) is 2.92. The van der Waals surface area contributed by atoms with E-state index in [1.54, 1.807) is 6.92 Å². The highest BCUT2D eigenvalue weighted by atomic mass is 79.9. The van der Waals surface area contributed by atoms with Gasteiger partial charge in [0.25, 0.3) is 0 Å². The molecule has 21 heavy (non-hydrogen) atoms. The van der Waals surface area contributed by atoms with Crippen LogP contribution in [-0.2, 0) is 14.8 Å². The number of ether oxygens (including phenoxy) is 1. The summed E-state index contributed by atoms with van der Waals surface area (Å²) in [5.41, 5.74) is 0. The number of sulfonamides is 1. The lowest BCUT2D eigenvalue weighted by molar-refractivity contribution is 0.0946. The summed E-state index contributed by atoms with van der Waals surface area (Å²) in [6.07, 6.45) is 1.48. The average molecular weight is 384 g/mol. The van der Waals surface area contributed by atoms with Gasteiger partial charge in [0.1, 0.15) is 16.5 Å². The molecule has 1 atom stereocenters. The molecular formula is C13H16BrF2NO3S. The van der Waals surface area contributed by atoms with Crippen LogP contribution in [0.5, 0.6) is 0 Å². The molecule has 1 aliphatic rings. The lowest BCUT2D eigenvalue weighted by Gasteiger charge is -2.24. The molecule has 2 rings (SSSR count). The molecule has 1 aromatic carbocycles. The van der Waals surface area contributed by atoms with Gasteiger partial charge in [0, 0.05) is 30.2 Å². The number of benzene rings is 1. The molecule has 1 unspecified atom stereocenters. The van der Waals surface area contributed by atoms with E-state index >= 15 is 0 Å². The molecule has 4 nitrogen and oxygen atoms in total. The molecule has 8 heteroatoms. The summed E-state index contributed by atoms with van der Waals surface area (Å²) in [6, 6.07) is 1.51. The third-order valence-corrected chi connectivity index (χ3v) is 6.25. The van der Waals surface area contributed by atoms with E-state index in [-0.39, 0.29) is 23.7 Å². The molecule has 1 aliphatic heterocycles. The van der Waals surface area contributed by atoms with Crippen LogP contribution < -0.4 is 0 Å². The monoisotopic (exact) mass is 383 g/mol. The van der Waals surface area contributed by atoms with E-state index in [9.17, 15) is 17.2 Å². The van der Waals surface area contributed by atoms with Crippen molar-refractivity contribution in [1.29, 1.82) is 0 Å². The summed E-state index contributed by atoms with van der Waals surface area (Å²) in [7, 11) is -4.05. The predicted molar refractivity (Wildman–Crippen MR) is 77.5 cm³/mol. The van der Waals surface area contributed by atoms with Crippen LogP contribution in [0.4, 0.5) is 8.78 Å². The Morgan fingerprint density at radius 3 is 2.67 bits per heavy atom. The minimum Gasteiger partial charge on any atom is -0.377 e. The Hall–Kier alpha value is -0.570. The Morgan fingerprint density at radius 2 is 2.14 bits per heavy atom. The van der Waals surface area contributed by atoms with Crippen molar-refractivity contribution >= 4 is 26.0 Å². The first-order valence-corrected chi connectivity index (χ1v) is 8.86. The minimum atomic E-state index is -4.05. The summed E-state index contributed by atoms with van der Waals surface area (Å²) < 4.78 is 58.6. The van der Waals surface area contributed by atoms with Gasteiger partial charge in [-0.1, -0.05) is 6.92 Å². The Morgan fingerprint density at radius 1 is 1.43 bits per heavy atom. The Bertz CT molecular complexity index is 595. The normalized spacial score (nSPS) is 19.4. The maximum atomic E-state index is 13.9. The van der Waals surface area contributed by atoms with Crippen molar-refractivity contribution in [3.8, 4) is 0 Å². The Labute approximate surface area is 131 Å². The van der Waals surface area contributed by atoms with Crippen LogP contribution in [0, 0.1) is 11.6 Å². The van der Waals surface area contributed by atoms with E-state index in [0.29, 0.717) is 12.7 Å². The highest BCUT2D eigenvalue weighted by Crippen LogP contribution is 2.29. The van der Waals surface area contributed by atoms with Gasteiger partial charge in [-0.05, 0) is 34.8 Å². The van der Waals surface area contributed by atoms with Gasteiger partial charge < -0.3 is 4.74 Å². The number of halogens is 3. The Kier molecular flexibility index (Phi) is 5.34. The molecule has 0 bridgehead atoms. The van der Waals surface area contributed by atoms with Gasteiger partial charge in [-0.25, -0.2) is 17.2 Å². The van der Waals surface area contributed by atoms with Gasteiger partial charge in [-0.3, -0.25) is 0 Å². The minimum absolute atomic E-state index is 0.120. The van der Waals surface area contributed by atoms with Gasteiger partial charge in [0.15, 0.2) is 0 Å². The van der Waals surface area contributed by atoms with E-state index in [1.807, 2.05) is 0 Å². The molecule has 0 aromatic heterocycles. The fourth-order valence-electron chi connectivity index (χ4n) is 2.32. The largest absolute Gasteiger partial charge is 0.377 e. The van der Waals surface area contributed by atoms with E-state index < -0.39 is 26.6 Å². The number of hydrogen-bond donors (Lipinski definition) is 0. The van der Waals surface area contributed by atoms with Crippen LogP contribution in [0.15, 0.2) is 21.5 Å². The molecule has 1 fully saturated rings. The van der Waals surface area contributed by atoms with Crippen LogP contribution >= 0.6 is 15.9 Å². The third kappa shape index (κ3) is 3.61. The van der Waals surface area contributed by atoms with Crippen LogP contribution in [0.3, 0.4) is 0 Å². The molecule has 1 aromatic rings. The standard InChI is InChI=1S/C13H16BrF2NO3S/c1-2-17(8-10-4-3-5-20-10)21(18,19)13-11(14)6-9(15)7-12(13)16/h6-7,10H,2-5,8H2,1H3. The van der Waals surface area contributed by atoms with Crippen molar-refractivity contribution in [3.63, 3.8) is 0 Å². The summed E-state index contributed by atoms with van der Waals surface area (Å²) in [4.78, 5) is -0.538. The summed E-state index contributed by atoms with van der Waals surface area (Å²) in [5.74, 6) is -1.94. The average Bonchev–Trinajstić information content (AvgIpc) is 2.86. The SMILES string of the molecule is CCN(CC1CCCO1)S(=O)(=O)c1c(F)cc(F)cc1Br. The maximum Gasteiger partial charge on any atom is 0.247 e. The van der Waals surface area contributed by atoms with E-state index in [4.69, 9.17) is 4.74 Å². The number of nitrogens with zero attached hydrogens (tertiary/aromatic N) is 1. The van der Waals surface area contributed by atoms with Crippen LogP contribution in [0.1, 0.15) is 19.8 Å². The van der Waals surface area contributed by atoms with Gasteiger partial charge >= 0.3 is 0 Å². The Balaban J connectivity index is 2.35. The van der Waals surface area contributed by atoms with E-state index in [2.05, 4.69) is 15.9 Å². The lowest BCUT2D eigenvalue weighted by Crippen LogP contribution is -2.37. The summed E-state index contributed by atoms with van der Waals surface area (Å²) in [5, 5.41) is 0. The molecule has 0 radical (unpaired) electrons. The van der Waals surface area contributed by atoms with Crippen molar-refractivity contribution in [1.82, 2.24) is 4.31 Å². The zero-order chi connectivity index (χ0) is 15.6. The van der Waals surface area contributed by atoms with Gasteiger partial charge in [0.05, 0.1) is 6.10 Å². The van der Waals surface area contributed by atoms with Crippen molar-refractivity contribution in [2.75, 3.05) is 19.7 Å². The first kappa shape index (κ1) is 16.8. The first-order chi connectivity index (χ1) is 9.86. The molecule has 0 saturated carbocycles. The van der Waals surface area contributed by atoms with Crippen molar-refractivity contribution in [2.24, 2.45) is 0 Å². The van der Waals surface area contributed by atoms with Gasteiger partial charge in [0.2, 0.25) is 10.0 Å². The molecular weight excluding hydrogens is 368 g/mol. The van der Waals surface area contributed by atoms with Crippen LogP contribution in [0.25, 0.3) is 0 Å². The van der Waals surface area contributed by atoms with Crippen LogP contribution in [0.2, 0.25) is 0 Å². The molecule has 0 aliphatic carbocycles. The highest BCUT2D eigenvalue weighted by molar-refractivity contribution is 9.10. The van der Waals surface area contributed by atoms with Crippen LogP contribution in [-0.4, -0.2) is 38.5 Å². The molecule has 1 heterocycles. The third-order valence-electron chi connectivity index (χ3n) is 3.34. The molecule has 0 spiro atoms. The van der Waals surface area contributed by atoms with Gasteiger partial charge in [-0.15, -0.1) is 0 Å². The molecule has 0 N–H and O–H groups in total. The lowest BCUT2D eigenvalue weighted by atomic mass is 10.2. The molecule has 118 valence electrons. The number of hydrogen-bond acceptors (Lipinski definition) is 3. The smallest absolute Gasteiger partial charge is 0.247 e. The highest BCUT2D eigenvalue weighted by Gasteiger charge is 2.32. The van der Waals surface area contributed by atoms with Crippen molar-refractivity contribution in [2.45, 2.75) is 30.8 Å². The zero-order valence-corrected chi connectivity index (χ0v) is 13.9. The second-order valence-corrected chi connectivity index (χ2v) is 7.52. The first-order valence-electron chi connectivity index (χ1n) is 6.62. The summed E-state index contributed by atoms with van der Waals surface area (Å²) in [6.45, 7) is 2.63. The van der Waals surface area contributed by atoms with Gasteiger partial charge in [-0.2, -0.15) is 4.31 Å². The zero-order valence-electron chi connectivity index (χ0n) is 11.5. The summed E-state index contributed by atoms with van der Waals surface area (Å²) >= 11 is 2.93. The topological polar surface area (TPSA) is 46.6 Å². The van der Waals surface area contributed by atoms with Crippen molar-refractivity contribution in [3.05, 3.63) is 28.2 Å². The second-order valence-electron chi connectivity index (χ2n) is 4.79. The van der Waals surface area contributed by atoms with Crippen molar-refractivity contribution < 1.29 is 21.9 Å². The molecule has 0 amide bonds. The van der Waals surface area contributed by atoms with E-state index in [1.165, 1.54) is 0 Å². The van der Waals surface area contributed by atoms with E-state index in [0.717, 1.165) is 23.2 Å². The maximum absolute atomic E-state index is 13.9. The fourth-order valence-corrected chi connectivity index (χ4v) is 4.91. The number of rotatable bonds is 5. The number of likely N-dealkylation sites (N-methyl/N-ethyl adjacent to an activating group) is 1.